The van der Waals surface area contributed by atoms with Gasteiger partial charge in [-0.15, -0.1) is 0 Å². The molecule has 1 unspecified atom stereocenters. The molecule has 5 rings (SSSR count). The predicted octanol–water partition coefficient (Wildman–Crippen LogP) is 7.35. The van der Waals surface area contributed by atoms with Crippen LogP contribution in [0.15, 0.2) is 78.9 Å². The Morgan fingerprint density at radius 2 is 1.68 bits per heavy atom. The van der Waals surface area contributed by atoms with Crippen molar-refractivity contribution in [3.8, 4) is 0 Å². The first-order valence-electron chi connectivity index (χ1n) is 10.0. The molecule has 4 aromatic rings. The summed E-state index contributed by atoms with van der Waals surface area (Å²) in [4.78, 5) is 15.1. The molecule has 0 spiro atoms. The van der Waals surface area contributed by atoms with Gasteiger partial charge in [0, 0.05) is 18.0 Å². The number of nitrogens with zero attached hydrogens (tertiary/aromatic N) is 1. The van der Waals surface area contributed by atoms with Crippen LogP contribution in [0, 0.1) is 5.82 Å². The zero-order valence-electron chi connectivity index (χ0n) is 16.5. The van der Waals surface area contributed by atoms with E-state index in [-0.39, 0.29) is 24.1 Å². The van der Waals surface area contributed by atoms with Crippen LogP contribution in [0.5, 0.6) is 0 Å². The van der Waals surface area contributed by atoms with Crippen LogP contribution in [0.4, 0.5) is 10.1 Å². The first kappa shape index (κ1) is 20.0. The van der Waals surface area contributed by atoms with Crippen molar-refractivity contribution in [2.75, 3.05) is 4.90 Å². The van der Waals surface area contributed by atoms with Crippen molar-refractivity contribution in [2.24, 2.45) is 0 Å². The van der Waals surface area contributed by atoms with Gasteiger partial charge in [0.25, 0.3) is 0 Å². The third-order valence-electron chi connectivity index (χ3n) is 5.88. The van der Waals surface area contributed by atoms with Crippen molar-refractivity contribution >= 4 is 45.6 Å². The van der Waals surface area contributed by atoms with Gasteiger partial charge in [0.15, 0.2) is 0 Å². The second kappa shape index (κ2) is 7.99. The Morgan fingerprint density at radius 3 is 2.48 bits per heavy atom. The van der Waals surface area contributed by atoms with Gasteiger partial charge < -0.3 is 4.90 Å². The third kappa shape index (κ3) is 3.58. The summed E-state index contributed by atoms with van der Waals surface area (Å²) in [6.45, 7) is 0.375. The molecule has 1 aliphatic rings. The lowest BCUT2D eigenvalue weighted by molar-refractivity contribution is -0.119. The number of carbonyl (C=O) groups is 1. The van der Waals surface area contributed by atoms with Crippen LogP contribution in [0.3, 0.4) is 0 Å². The van der Waals surface area contributed by atoms with Gasteiger partial charge in [-0.25, -0.2) is 4.39 Å². The summed E-state index contributed by atoms with van der Waals surface area (Å²) in [5.74, 6) is -0.506. The number of fused-ring (bicyclic) bond motifs is 3. The molecule has 0 radical (unpaired) electrons. The van der Waals surface area contributed by atoms with Crippen LogP contribution in [-0.4, -0.2) is 5.91 Å². The summed E-state index contributed by atoms with van der Waals surface area (Å²) in [5.41, 5.74) is 3.62. The van der Waals surface area contributed by atoms with Crippen LogP contribution in [0.2, 0.25) is 10.0 Å². The van der Waals surface area contributed by atoms with Gasteiger partial charge in [-0.3, -0.25) is 4.79 Å². The first-order chi connectivity index (χ1) is 15.0. The lowest BCUT2D eigenvalue weighted by Gasteiger charge is -2.36. The van der Waals surface area contributed by atoms with Crippen LogP contribution >= 0.6 is 23.2 Å². The highest BCUT2D eigenvalue weighted by Crippen LogP contribution is 2.47. The molecule has 0 aliphatic carbocycles. The Kier molecular flexibility index (Phi) is 5.17. The van der Waals surface area contributed by atoms with Gasteiger partial charge in [0.1, 0.15) is 5.82 Å². The summed E-state index contributed by atoms with van der Waals surface area (Å²) in [5, 5.41) is 3.13. The third-order valence-corrected chi connectivity index (χ3v) is 6.71. The highest BCUT2D eigenvalue weighted by molar-refractivity contribution is 6.42. The van der Waals surface area contributed by atoms with Gasteiger partial charge >= 0.3 is 0 Å². The van der Waals surface area contributed by atoms with E-state index in [0.717, 1.165) is 33.2 Å². The highest BCUT2D eigenvalue weighted by Gasteiger charge is 2.34. The molecule has 0 N–H and O–H groups in total. The topological polar surface area (TPSA) is 20.3 Å². The van der Waals surface area contributed by atoms with E-state index < -0.39 is 0 Å². The molecule has 1 amide bonds. The molecule has 0 bridgehead atoms. The SMILES string of the molecule is O=C1CC(c2cccc(Cl)c2Cl)c2c(ccc3ccccc23)N1Cc1ccc(F)cc1. The van der Waals surface area contributed by atoms with E-state index in [0.29, 0.717) is 16.6 Å². The van der Waals surface area contributed by atoms with Crippen LogP contribution in [0.25, 0.3) is 10.8 Å². The summed E-state index contributed by atoms with van der Waals surface area (Å²) in [6.07, 6.45) is 0.280. The van der Waals surface area contributed by atoms with E-state index in [4.69, 9.17) is 23.2 Å². The van der Waals surface area contributed by atoms with E-state index in [1.807, 2.05) is 36.4 Å². The minimum Gasteiger partial charge on any atom is -0.308 e. The van der Waals surface area contributed by atoms with Crippen LogP contribution in [0.1, 0.15) is 29.0 Å². The van der Waals surface area contributed by atoms with E-state index in [1.165, 1.54) is 12.1 Å². The molecule has 0 aromatic heterocycles. The van der Waals surface area contributed by atoms with Gasteiger partial charge in [-0.1, -0.05) is 77.8 Å². The number of rotatable bonds is 3. The van der Waals surface area contributed by atoms with E-state index in [1.54, 1.807) is 23.1 Å². The average molecular weight is 450 g/mol. The van der Waals surface area contributed by atoms with Crippen molar-refractivity contribution in [1.82, 2.24) is 0 Å². The number of benzene rings is 4. The number of anilines is 1. The fourth-order valence-electron chi connectivity index (χ4n) is 4.41. The van der Waals surface area contributed by atoms with E-state index in [2.05, 4.69) is 12.1 Å². The maximum absolute atomic E-state index is 13.4. The number of hydrogen-bond donors (Lipinski definition) is 0. The Balaban J connectivity index is 1.70. The Labute approximate surface area is 189 Å². The normalized spacial score (nSPS) is 15.9. The fraction of sp³-hybridized carbons (Fsp3) is 0.115. The molecular formula is C26H18Cl2FNO. The van der Waals surface area contributed by atoms with Crippen LogP contribution in [-0.2, 0) is 11.3 Å². The molecule has 0 saturated carbocycles. The van der Waals surface area contributed by atoms with Gasteiger partial charge in [-0.2, -0.15) is 0 Å². The van der Waals surface area contributed by atoms with Gasteiger partial charge in [0.2, 0.25) is 5.91 Å². The van der Waals surface area contributed by atoms with Gasteiger partial charge in [0.05, 0.1) is 16.6 Å². The molecule has 1 heterocycles. The number of hydrogen-bond acceptors (Lipinski definition) is 1. The largest absolute Gasteiger partial charge is 0.308 e. The summed E-state index contributed by atoms with van der Waals surface area (Å²) in [6, 6.07) is 24.0. The monoisotopic (exact) mass is 449 g/mol. The van der Waals surface area contributed by atoms with Crippen molar-refractivity contribution in [1.29, 1.82) is 0 Å². The maximum atomic E-state index is 13.4. The van der Waals surface area contributed by atoms with E-state index in [9.17, 15) is 9.18 Å². The number of carbonyl (C=O) groups excluding carboxylic acids is 1. The molecule has 0 saturated heterocycles. The Bertz CT molecular complexity index is 1300. The lowest BCUT2D eigenvalue weighted by Crippen LogP contribution is -2.36. The maximum Gasteiger partial charge on any atom is 0.228 e. The molecule has 154 valence electrons. The predicted molar refractivity (Wildman–Crippen MR) is 124 cm³/mol. The lowest BCUT2D eigenvalue weighted by atomic mass is 9.81. The minimum atomic E-state index is -0.296. The van der Waals surface area contributed by atoms with Crippen molar-refractivity contribution < 1.29 is 9.18 Å². The quantitative estimate of drug-likeness (QED) is 0.320. The fourth-order valence-corrected chi connectivity index (χ4v) is 4.85. The molecule has 4 aromatic carbocycles. The first-order valence-corrected chi connectivity index (χ1v) is 10.8. The Hall–Kier alpha value is -2.88. The molecule has 31 heavy (non-hydrogen) atoms. The van der Waals surface area contributed by atoms with Crippen molar-refractivity contribution in [2.45, 2.75) is 18.9 Å². The summed E-state index contributed by atoms with van der Waals surface area (Å²) in [7, 11) is 0. The van der Waals surface area contributed by atoms with E-state index >= 15 is 0 Å². The van der Waals surface area contributed by atoms with Crippen molar-refractivity contribution in [3.05, 3.63) is 111 Å². The zero-order valence-corrected chi connectivity index (χ0v) is 18.0. The molecule has 2 nitrogen and oxygen atoms in total. The molecular weight excluding hydrogens is 432 g/mol. The summed E-state index contributed by atoms with van der Waals surface area (Å²) >= 11 is 12.9. The second-order valence-electron chi connectivity index (χ2n) is 7.73. The second-order valence-corrected chi connectivity index (χ2v) is 8.51. The molecule has 0 fully saturated rings. The zero-order chi connectivity index (χ0) is 21.5. The highest BCUT2D eigenvalue weighted by atomic mass is 35.5. The molecule has 1 aliphatic heterocycles. The number of amides is 1. The standard InChI is InChI=1S/C26H18Cl2FNO/c27-22-7-3-6-20(26(22)28)21-14-24(31)30(15-16-8-11-18(29)12-9-16)23-13-10-17-4-1-2-5-19(17)25(21)23/h1-13,21H,14-15H2. The number of halogens is 3. The molecule has 5 heteroatoms. The molecule has 1 atom stereocenters. The van der Waals surface area contributed by atoms with Gasteiger partial charge in [-0.05, 0) is 51.7 Å². The average Bonchev–Trinajstić information content (AvgIpc) is 2.78. The summed E-state index contributed by atoms with van der Waals surface area (Å²) < 4.78 is 13.4. The smallest absolute Gasteiger partial charge is 0.228 e. The van der Waals surface area contributed by atoms with Crippen LogP contribution < -0.4 is 4.90 Å². The Morgan fingerprint density at radius 1 is 0.903 bits per heavy atom. The van der Waals surface area contributed by atoms with Crippen molar-refractivity contribution in [3.63, 3.8) is 0 Å². The minimum absolute atomic E-state index is 0.00634.